The van der Waals surface area contributed by atoms with Crippen molar-refractivity contribution in [2.24, 2.45) is 0 Å². The number of benzene rings is 1. The molecule has 1 amide bonds. The summed E-state index contributed by atoms with van der Waals surface area (Å²) in [4.78, 5) is 11.0. The molecule has 0 fully saturated rings. The van der Waals surface area contributed by atoms with Crippen LogP contribution >= 0.6 is 23.2 Å². The molecule has 0 radical (unpaired) electrons. The lowest BCUT2D eigenvalue weighted by Gasteiger charge is -2.10. The number of carbonyl (C=O) groups is 1. The first kappa shape index (κ1) is 12.1. The van der Waals surface area contributed by atoms with Gasteiger partial charge in [-0.2, -0.15) is 0 Å². The van der Waals surface area contributed by atoms with Gasteiger partial charge in [0, 0.05) is 12.1 Å². The van der Waals surface area contributed by atoms with Crippen LogP contribution in [-0.2, 0) is 11.3 Å². The van der Waals surface area contributed by atoms with Gasteiger partial charge in [-0.15, -0.1) is 11.6 Å². The van der Waals surface area contributed by atoms with Crippen LogP contribution in [0, 0.1) is 0 Å². The summed E-state index contributed by atoms with van der Waals surface area (Å²) in [7, 11) is 1.54. The summed E-state index contributed by atoms with van der Waals surface area (Å²) in [6.45, 7) is 0.356. The van der Waals surface area contributed by atoms with Gasteiger partial charge in [-0.05, 0) is 6.07 Å². The Morgan fingerprint density at radius 3 is 2.87 bits per heavy atom. The van der Waals surface area contributed by atoms with Gasteiger partial charge in [-0.3, -0.25) is 4.79 Å². The fourth-order valence-corrected chi connectivity index (χ4v) is 1.53. The Bertz CT molecular complexity index is 355. The first-order chi connectivity index (χ1) is 7.19. The minimum absolute atomic E-state index is 0.0527. The van der Waals surface area contributed by atoms with Gasteiger partial charge in [0.1, 0.15) is 11.6 Å². The highest BCUT2D eigenvalue weighted by Crippen LogP contribution is 2.27. The van der Waals surface area contributed by atoms with E-state index in [1.54, 1.807) is 12.1 Å². The minimum atomic E-state index is -0.223. The molecule has 1 rings (SSSR count). The molecule has 0 heterocycles. The summed E-state index contributed by atoms with van der Waals surface area (Å²) < 4.78 is 5.13. The van der Waals surface area contributed by atoms with Crippen LogP contribution in [0.4, 0.5) is 0 Å². The zero-order valence-corrected chi connectivity index (χ0v) is 9.73. The molecule has 0 unspecified atom stereocenters. The fraction of sp³-hybridized carbons (Fsp3) is 0.300. The number of hydrogen-bond acceptors (Lipinski definition) is 2. The van der Waals surface area contributed by atoms with Crippen molar-refractivity contribution in [1.82, 2.24) is 5.32 Å². The Morgan fingerprint density at radius 1 is 1.53 bits per heavy atom. The van der Waals surface area contributed by atoms with E-state index in [-0.39, 0.29) is 11.8 Å². The third kappa shape index (κ3) is 3.29. The van der Waals surface area contributed by atoms with E-state index in [0.29, 0.717) is 17.3 Å². The van der Waals surface area contributed by atoms with E-state index in [1.165, 1.54) is 7.11 Å². The maximum Gasteiger partial charge on any atom is 0.235 e. The third-order valence-corrected chi connectivity index (χ3v) is 2.39. The summed E-state index contributed by atoms with van der Waals surface area (Å²) in [6.07, 6.45) is 0. The number of alkyl halides is 1. The molecule has 0 aliphatic heterocycles. The summed E-state index contributed by atoms with van der Waals surface area (Å²) >= 11 is 11.3. The van der Waals surface area contributed by atoms with Gasteiger partial charge in [-0.25, -0.2) is 0 Å². The highest BCUT2D eigenvalue weighted by molar-refractivity contribution is 6.32. The average molecular weight is 248 g/mol. The van der Waals surface area contributed by atoms with Crippen LogP contribution < -0.4 is 10.1 Å². The molecular weight excluding hydrogens is 237 g/mol. The summed E-state index contributed by atoms with van der Waals surface area (Å²) in [5, 5.41) is 3.16. The number of ether oxygens (including phenoxy) is 1. The highest BCUT2D eigenvalue weighted by Gasteiger charge is 2.07. The summed E-state index contributed by atoms with van der Waals surface area (Å²) in [6, 6.07) is 5.36. The van der Waals surface area contributed by atoms with E-state index >= 15 is 0 Å². The van der Waals surface area contributed by atoms with E-state index in [2.05, 4.69) is 5.32 Å². The van der Waals surface area contributed by atoms with Crippen molar-refractivity contribution in [3.63, 3.8) is 0 Å². The van der Waals surface area contributed by atoms with Crippen molar-refractivity contribution < 1.29 is 9.53 Å². The smallest absolute Gasteiger partial charge is 0.235 e. The van der Waals surface area contributed by atoms with Crippen LogP contribution in [0.15, 0.2) is 18.2 Å². The summed E-state index contributed by atoms with van der Waals surface area (Å²) in [5.74, 6) is 0.302. The second-order valence-corrected chi connectivity index (χ2v) is 3.52. The largest absolute Gasteiger partial charge is 0.495 e. The van der Waals surface area contributed by atoms with Gasteiger partial charge < -0.3 is 10.1 Å². The number of hydrogen-bond donors (Lipinski definition) is 1. The molecule has 0 atom stereocenters. The predicted molar refractivity (Wildman–Crippen MR) is 60.6 cm³/mol. The van der Waals surface area contributed by atoms with Crippen LogP contribution in [-0.4, -0.2) is 18.9 Å². The lowest BCUT2D eigenvalue weighted by Crippen LogP contribution is -2.23. The van der Waals surface area contributed by atoms with Gasteiger partial charge in [0.05, 0.1) is 12.1 Å². The van der Waals surface area contributed by atoms with Crippen LogP contribution in [0.5, 0.6) is 5.75 Å². The number of methoxy groups -OCH3 is 1. The lowest BCUT2D eigenvalue weighted by molar-refractivity contribution is -0.118. The molecule has 0 aromatic heterocycles. The predicted octanol–water partition coefficient (Wildman–Crippen LogP) is 2.20. The number of rotatable bonds is 4. The van der Waals surface area contributed by atoms with E-state index in [1.807, 2.05) is 6.07 Å². The maximum atomic E-state index is 11.0. The van der Waals surface area contributed by atoms with E-state index in [4.69, 9.17) is 27.9 Å². The van der Waals surface area contributed by atoms with E-state index in [9.17, 15) is 4.79 Å². The SMILES string of the molecule is COc1c(Cl)cccc1CNC(=O)CCl. The monoisotopic (exact) mass is 247 g/mol. The molecule has 0 bridgehead atoms. The maximum absolute atomic E-state index is 11.0. The molecule has 1 aromatic rings. The van der Waals surface area contributed by atoms with Gasteiger partial charge in [0.15, 0.2) is 0 Å². The number of nitrogens with one attached hydrogen (secondary N) is 1. The Hall–Kier alpha value is -0.930. The van der Waals surface area contributed by atoms with Crippen molar-refractivity contribution in [3.05, 3.63) is 28.8 Å². The second-order valence-electron chi connectivity index (χ2n) is 2.84. The molecule has 1 N–H and O–H groups in total. The molecule has 0 aliphatic carbocycles. The van der Waals surface area contributed by atoms with Crippen LogP contribution in [0.25, 0.3) is 0 Å². The van der Waals surface area contributed by atoms with Gasteiger partial charge in [0.2, 0.25) is 5.91 Å². The fourth-order valence-electron chi connectivity index (χ4n) is 1.16. The minimum Gasteiger partial charge on any atom is -0.495 e. The van der Waals surface area contributed by atoms with Crippen LogP contribution in [0.3, 0.4) is 0 Å². The van der Waals surface area contributed by atoms with E-state index in [0.717, 1.165) is 5.56 Å². The number of carbonyl (C=O) groups excluding carboxylic acids is 1. The zero-order chi connectivity index (χ0) is 11.3. The Balaban J connectivity index is 2.76. The molecule has 0 saturated carbocycles. The highest BCUT2D eigenvalue weighted by atomic mass is 35.5. The lowest BCUT2D eigenvalue weighted by atomic mass is 10.2. The van der Waals surface area contributed by atoms with Crippen LogP contribution in [0.1, 0.15) is 5.56 Å². The molecule has 1 aromatic carbocycles. The second kappa shape index (κ2) is 5.83. The van der Waals surface area contributed by atoms with Gasteiger partial charge in [-0.1, -0.05) is 23.7 Å². The Labute approximate surface area is 98.3 Å². The first-order valence-electron chi connectivity index (χ1n) is 4.33. The Kier molecular flexibility index (Phi) is 4.72. The van der Waals surface area contributed by atoms with Crippen molar-refractivity contribution in [2.45, 2.75) is 6.54 Å². The molecule has 0 aliphatic rings. The standard InChI is InChI=1S/C10H11Cl2NO2/c1-15-10-7(3-2-4-8(10)12)6-13-9(14)5-11/h2-4H,5-6H2,1H3,(H,13,14). The van der Waals surface area contributed by atoms with Crippen molar-refractivity contribution in [1.29, 1.82) is 0 Å². The topological polar surface area (TPSA) is 38.3 Å². The van der Waals surface area contributed by atoms with Crippen molar-refractivity contribution in [3.8, 4) is 5.75 Å². The normalized spacial score (nSPS) is 9.80. The third-order valence-electron chi connectivity index (χ3n) is 1.85. The molecular formula is C10H11Cl2NO2. The molecule has 5 heteroatoms. The first-order valence-corrected chi connectivity index (χ1v) is 5.24. The van der Waals surface area contributed by atoms with Gasteiger partial charge in [0.25, 0.3) is 0 Å². The molecule has 82 valence electrons. The quantitative estimate of drug-likeness (QED) is 0.829. The molecule has 3 nitrogen and oxygen atoms in total. The zero-order valence-electron chi connectivity index (χ0n) is 8.22. The Morgan fingerprint density at radius 2 is 2.27 bits per heavy atom. The van der Waals surface area contributed by atoms with E-state index < -0.39 is 0 Å². The van der Waals surface area contributed by atoms with Crippen LogP contribution in [0.2, 0.25) is 5.02 Å². The van der Waals surface area contributed by atoms with Crippen molar-refractivity contribution in [2.75, 3.05) is 13.0 Å². The van der Waals surface area contributed by atoms with Gasteiger partial charge >= 0.3 is 0 Å². The number of amides is 1. The molecule has 0 saturated heterocycles. The average Bonchev–Trinajstić information content (AvgIpc) is 2.25. The number of halogens is 2. The molecule has 0 spiro atoms. The molecule has 15 heavy (non-hydrogen) atoms. The summed E-state index contributed by atoms with van der Waals surface area (Å²) in [5.41, 5.74) is 0.823. The number of para-hydroxylation sites is 1. The van der Waals surface area contributed by atoms with Crippen molar-refractivity contribution >= 4 is 29.1 Å².